The number of fused-ring (bicyclic) bond motifs is 1. The molecule has 0 aliphatic carbocycles. The lowest BCUT2D eigenvalue weighted by Gasteiger charge is -2.30. The van der Waals surface area contributed by atoms with Crippen molar-refractivity contribution in [1.82, 2.24) is 4.90 Å². The zero-order chi connectivity index (χ0) is 21.8. The molecule has 0 aromatic heterocycles. The molecule has 1 amide bonds. The summed E-state index contributed by atoms with van der Waals surface area (Å²) in [5.41, 5.74) is 1.47. The Labute approximate surface area is 176 Å². The van der Waals surface area contributed by atoms with E-state index in [-0.39, 0.29) is 11.5 Å². The molecular formula is C23H28F2N4O. The van der Waals surface area contributed by atoms with Gasteiger partial charge in [-0.15, -0.1) is 0 Å². The van der Waals surface area contributed by atoms with Crippen molar-refractivity contribution < 1.29 is 13.6 Å². The fourth-order valence-electron chi connectivity index (χ4n) is 3.77. The number of carbonyl (C=O) groups excluding carboxylic acids is 1. The minimum absolute atomic E-state index is 0.268. The van der Waals surface area contributed by atoms with Crippen LogP contribution in [0.5, 0.6) is 0 Å². The molecule has 0 fully saturated rings. The zero-order valence-corrected chi connectivity index (χ0v) is 17.7. The molecule has 2 aromatic carbocycles. The first-order valence-electron chi connectivity index (χ1n) is 10.2. The van der Waals surface area contributed by atoms with Crippen LogP contribution >= 0.6 is 0 Å². The van der Waals surface area contributed by atoms with Crippen LogP contribution in [0.25, 0.3) is 0 Å². The standard InChI is InChI=1S/C23H28F2N4O/c1-14(2)29(15(3)4)11-10-26-20-9-8-16(12-19(20)25)27-13-17-22-18(24)6-5-7-21(22)28-23(17)30/h5-9,12-15,17,26H,10-11H2,1-4H3,(H,28,30). The maximum absolute atomic E-state index is 14.5. The van der Waals surface area contributed by atoms with E-state index in [4.69, 9.17) is 0 Å². The van der Waals surface area contributed by atoms with E-state index in [1.165, 1.54) is 24.4 Å². The lowest BCUT2D eigenvalue weighted by Crippen LogP contribution is -2.40. The fraction of sp³-hybridized carbons (Fsp3) is 0.391. The number of nitrogens with one attached hydrogen (secondary N) is 2. The molecule has 1 unspecified atom stereocenters. The minimum Gasteiger partial charge on any atom is -0.381 e. The van der Waals surface area contributed by atoms with Gasteiger partial charge in [-0.25, -0.2) is 8.78 Å². The predicted molar refractivity (Wildman–Crippen MR) is 118 cm³/mol. The van der Waals surface area contributed by atoms with Crippen LogP contribution in [0, 0.1) is 11.6 Å². The van der Waals surface area contributed by atoms with E-state index in [1.54, 1.807) is 18.2 Å². The lowest BCUT2D eigenvalue weighted by molar-refractivity contribution is -0.115. The summed E-state index contributed by atoms with van der Waals surface area (Å²) in [6, 6.07) is 9.91. The molecule has 2 N–H and O–H groups in total. The molecule has 30 heavy (non-hydrogen) atoms. The third-order valence-electron chi connectivity index (χ3n) is 5.24. The maximum Gasteiger partial charge on any atom is 0.237 e. The van der Waals surface area contributed by atoms with Crippen molar-refractivity contribution >= 4 is 29.2 Å². The highest BCUT2D eigenvalue weighted by Gasteiger charge is 2.31. The summed E-state index contributed by atoms with van der Waals surface area (Å²) in [6.45, 7) is 9.99. The van der Waals surface area contributed by atoms with Gasteiger partial charge in [-0.3, -0.25) is 14.7 Å². The van der Waals surface area contributed by atoms with Gasteiger partial charge in [-0.2, -0.15) is 0 Å². The van der Waals surface area contributed by atoms with Crippen LogP contribution in [0.2, 0.25) is 0 Å². The predicted octanol–water partition coefficient (Wildman–Crippen LogP) is 4.93. The van der Waals surface area contributed by atoms with Crippen molar-refractivity contribution in [3.8, 4) is 0 Å². The average Bonchev–Trinajstić information content (AvgIpc) is 3.00. The van der Waals surface area contributed by atoms with E-state index in [0.29, 0.717) is 35.7 Å². The van der Waals surface area contributed by atoms with Crippen molar-refractivity contribution in [2.45, 2.75) is 45.7 Å². The van der Waals surface area contributed by atoms with E-state index in [2.05, 4.69) is 48.2 Å². The molecule has 5 nitrogen and oxygen atoms in total. The largest absolute Gasteiger partial charge is 0.381 e. The van der Waals surface area contributed by atoms with Crippen molar-refractivity contribution in [3.05, 3.63) is 53.6 Å². The van der Waals surface area contributed by atoms with Crippen LogP contribution in [0.1, 0.15) is 39.2 Å². The number of benzene rings is 2. The number of carbonyl (C=O) groups is 1. The third-order valence-corrected chi connectivity index (χ3v) is 5.24. The molecule has 0 spiro atoms. The third kappa shape index (κ3) is 4.84. The topological polar surface area (TPSA) is 56.7 Å². The number of hydrogen-bond acceptors (Lipinski definition) is 4. The van der Waals surface area contributed by atoms with Gasteiger partial charge in [0.25, 0.3) is 0 Å². The second-order valence-electron chi connectivity index (χ2n) is 7.96. The Hall–Kier alpha value is -2.80. The SMILES string of the molecule is CC(C)N(CCNc1ccc(N=CC2C(=O)Nc3cccc(F)c32)cc1F)C(C)C. The van der Waals surface area contributed by atoms with Crippen LogP contribution in [0.4, 0.5) is 25.8 Å². The van der Waals surface area contributed by atoms with Crippen molar-refractivity contribution in [1.29, 1.82) is 0 Å². The molecule has 1 aliphatic rings. The van der Waals surface area contributed by atoms with E-state index >= 15 is 0 Å². The summed E-state index contributed by atoms with van der Waals surface area (Å²) >= 11 is 0. The van der Waals surface area contributed by atoms with Gasteiger partial charge in [-0.1, -0.05) is 6.07 Å². The molecular weight excluding hydrogens is 386 g/mol. The summed E-state index contributed by atoms with van der Waals surface area (Å²) in [4.78, 5) is 18.7. The van der Waals surface area contributed by atoms with Gasteiger partial charge in [0.1, 0.15) is 17.6 Å². The summed E-state index contributed by atoms with van der Waals surface area (Å²) < 4.78 is 28.6. The molecule has 160 valence electrons. The molecule has 1 aliphatic heterocycles. The quantitative estimate of drug-likeness (QED) is 0.602. The van der Waals surface area contributed by atoms with Crippen LogP contribution in [-0.4, -0.2) is 42.2 Å². The first-order chi connectivity index (χ1) is 14.3. The molecule has 0 saturated heterocycles. The fourth-order valence-corrected chi connectivity index (χ4v) is 3.77. The molecule has 3 rings (SSSR count). The molecule has 0 bridgehead atoms. The van der Waals surface area contributed by atoms with Crippen LogP contribution in [-0.2, 0) is 4.79 Å². The van der Waals surface area contributed by atoms with Crippen LogP contribution in [0.3, 0.4) is 0 Å². The smallest absolute Gasteiger partial charge is 0.237 e. The number of aliphatic imine (C=N–C) groups is 1. The highest BCUT2D eigenvalue weighted by atomic mass is 19.1. The number of halogens is 2. The highest BCUT2D eigenvalue weighted by Crippen LogP contribution is 2.34. The Morgan fingerprint density at radius 1 is 1.13 bits per heavy atom. The van der Waals surface area contributed by atoms with Gasteiger partial charge in [0.2, 0.25) is 5.91 Å². The summed E-state index contributed by atoms with van der Waals surface area (Å²) in [5.74, 6) is -2.07. The number of nitrogens with zero attached hydrogens (tertiary/aromatic N) is 2. The van der Waals surface area contributed by atoms with E-state index in [1.807, 2.05) is 0 Å². The molecule has 1 heterocycles. The molecule has 0 saturated carbocycles. The number of hydrogen-bond donors (Lipinski definition) is 2. The van der Waals surface area contributed by atoms with Gasteiger partial charge in [0.15, 0.2) is 0 Å². The van der Waals surface area contributed by atoms with Gasteiger partial charge < -0.3 is 10.6 Å². The second-order valence-corrected chi connectivity index (χ2v) is 7.96. The Morgan fingerprint density at radius 2 is 1.87 bits per heavy atom. The summed E-state index contributed by atoms with van der Waals surface area (Å²) in [7, 11) is 0. The van der Waals surface area contributed by atoms with Crippen molar-refractivity contribution in [3.63, 3.8) is 0 Å². The molecule has 7 heteroatoms. The van der Waals surface area contributed by atoms with Gasteiger partial charge >= 0.3 is 0 Å². The van der Waals surface area contributed by atoms with Crippen molar-refractivity contribution in [2.24, 2.45) is 4.99 Å². The maximum atomic E-state index is 14.5. The zero-order valence-electron chi connectivity index (χ0n) is 17.7. The van der Waals surface area contributed by atoms with E-state index in [9.17, 15) is 13.6 Å². The Balaban J connectivity index is 1.66. The lowest BCUT2D eigenvalue weighted by atomic mass is 10.0. The Kier molecular flexibility index (Phi) is 6.82. The monoisotopic (exact) mass is 414 g/mol. The second kappa shape index (κ2) is 9.34. The van der Waals surface area contributed by atoms with Crippen LogP contribution in [0.15, 0.2) is 41.4 Å². The first kappa shape index (κ1) is 21.9. The average molecular weight is 415 g/mol. The Bertz CT molecular complexity index is 935. The normalized spacial score (nSPS) is 16.0. The van der Waals surface area contributed by atoms with E-state index < -0.39 is 17.6 Å². The van der Waals surface area contributed by atoms with Gasteiger partial charge in [0, 0.05) is 48.7 Å². The van der Waals surface area contributed by atoms with Crippen LogP contribution < -0.4 is 10.6 Å². The number of amides is 1. The number of anilines is 2. The minimum atomic E-state index is -0.833. The van der Waals surface area contributed by atoms with Gasteiger partial charge in [0.05, 0.1) is 11.4 Å². The van der Waals surface area contributed by atoms with Crippen molar-refractivity contribution in [2.75, 3.05) is 23.7 Å². The number of rotatable bonds is 8. The highest BCUT2D eigenvalue weighted by molar-refractivity contribution is 6.12. The van der Waals surface area contributed by atoms with E-state index in [0.717, 1.165) is 6.54 Å². The summed E-state index contributed by atoms with van der Waals surface area (Å²) in [5, 5.41) is 5.76. The summed E-state index contributed by atoms with van der Waals surface area (Å²) in [6.07, 6.45) is 1.36. The van der Waals surface area contributed by atoms with Gasteiger partial charge in [-0.05, 0) is 52.0 Å². The Morgan fingerprint density at radius 3 is 2.53 bits per heavy atom. The molecule has 1 atom stereocenters. The molecule has 0 radical (unpaired) electrons. The molecule has 2 aromatic rings. The first-order valence-corrected chi connectivity index (χ1v) is 10.2.